The molecule has 2 amide bonds. The van der Waals surface area contributed by atoms with E-state index in [-0.39, 0.29) is 18.0 Å². The van der Waals surface area contributed by atoms with Crippen molar-refractivity contribution in [2.75, 3.05) is 13.6 Å². The molecule has 1 aliphatic heterocycles. The Morgan fingerprint density at radius 2 is 2.11 bits per heavy atom. The minimum absolute atomic E-state index is 0.0312. The number of carbonyl (C=O) groups excluding carboxylic acids is 2. The fourth-order valence-electron chi connectivity index (χ4n) is 3.12. The zero-order valence-electron chi connectivity index (χ0n) is 15.6. The molecule has 1 aromatic carbocycles. The van der Waals surface area contributed by atoms with Crippen LogP contribution in [0.3, 0.4) is 0 Å². The maximum atomic E-state index is 14.1. The minimum atomic E-state index is -1.49. The van der Waals surface area contributed by atoms with Gasteiger partial charge in [0.15, 0.2) is 5.60 Å². The third kappa shape index (κ3) is 4.02. The molecular formula is C21H20FN3O3. The summed E-state index contributed by atoms with van der Waals surface area (Å²) in [4.78, 5) is 29.0. The van der Waals surface area contributed by atoms with Crippen LogP contribution in [-0.4, -0.2) is 46.0 Å². The molecule has 0 spiro atoms. The van der Waals surface area contributed by atoms with Gasteiger partial charge < -0.3 is 15.7 Å². The normalized spacial score (nSPS) is 18.7. The molecule has 1 saturated heterocycles. The summed E-state index contributed by atoms with van der Waals surface area (Å²) < 4.78 is 14.1. The van der Waals surface area contributed by atoms with Crippen LogP contribution in [0.5, 0.6) is 0 Å². The van der Waals surface area contributed by atoms with Crippen molar-refractivity contribution >= 4 is 11.8 Å². The molecule has 2 heterocycles. The van der Waals surface area contributed by atoms with E-state index in [4.69, 9.17) is 5.73 Å². The van der Waals surface area contributed by atoms with Gasteiger partial charge in [-0.3, -0.25) is 9.59 Å². The second-order valence-electron chi connectivity index (χ2n) is 6.99. The SMILES string of the molecule is Cc1cc(C(N)=O)nc(-c2cc(F)cc(C#CCC3(O)CCN(C)C3=O)c2)c1. The van der Waals surface area contributed by atoms with Crippen LogP contribution in [0.25, 0.3) is 11.3 Å². The lowest BCUT2D eigenvalue weighted by molar-refractivity contribution is -0.141. The van der Waals surface area contributed by atoms with Crippen molar-refractivity contribution in [1.29, 1.82) is 0 Å². The summed E-state index contributed by atoms with van der Waals surface area (Å²) in [6.45, 7) is 2.26. The minimum Gasteiger partial charge on any atom is -0.379 e. The van der Waals surface area contributed by atoms with Gasteiger partial charge in [0.05, 0.1) is 5.69 Å². The lowest BCUT2D eigenvalue weighted by Crippen LogP contribution is -2.38. The molecule has 1 fully saturated rings. The lowest BCUT2D eigenvalue weighted by Gasteiger charge is -2.17. The number of pyridine rings is 1. The van der Waals surface area contributed by atoms with E-state index >= 15 is 0 Å². The van der Waals surface area contributed by atoms with Crippen LogP contribution in [0.2, 0.25) is 0 Å². The lowest BCUT2D eigenvalue weighted by atomic mass is 9.98. The van der Waals surface area contributed by atoms with Crippen LogP contribution in [0, 0.1) is 24.6 Å². The van der Waals surface area contributed by atoms with Gasteiger partial charge in [-0.1, -0.05) is 11.8 Å². The van der Waals surface area contributed by atoms with Crippen molar-refractivity contribution < 1.29 is 19.1 Å². The zero-order valence-corrected chi connectivity index (χ0v) is 15.6. The summed E-state index contributed by atoms with van der Waals surface area (Å²) in [5.41, 5.74) is 5.89. The van der Waals surface area contributed by atoms with Gasteiger partial charge >= 0.3 is 0 Å². The number of likely N-dealkylation sites (N-methyl/N-ethyl adjacent to an activating group) is 1. The first-order valence-electron chi connectivity index (χ1n) is 8.74. The highest BCUT2D eigenvalue weighted by Crippen LogP contribution is 2.25. The first kappa shape index (κ1) is 19.5. The molecule has 28 heavy (non-hydrogen) atoms. The number of aromatic nitrogens is 1. The van der Waals surface area contributed by atoms with Gasteiger partial charge in [-0.15, -0.1) is 0 Å². The Bertz CT molecular complexity index is 1030. The van der Waals surface area contributed by atoms with Gasteiger partial charge in [0.1, 0.15) is 11.5 Å². The van der Waals surface area contributed by atoms with Gasteiger partial charge in [-0.2, -0.15) is 0 Å². The number of hydrogen-bond acceptors (Lipinski definition) is 4. The number of hydrogen-bond donors (Lipinski definition) is 2. The van der Waals surface area contributed by atoms with Crippen molar-refractivity contribution in [1.82, 2.24) is 9.88 Å². The van der Waals surface area contributed by atoms with E-state index in [2.05, 4.69) is 16.8 Å². The number of carbonyl (C=O) groups is 2. The molecule has 0 radical (unpaired) electrons. The Hall–Kier alpha value is -3.24. The van der Waals surface area contributed by atoms with Gasteiger partial charge in [0, 0.05) is 37.6 Å². The predicted molar refractivity (Wildman–Crippen MR) is 102 cm³/mol. The summed E-state index contributed by atoms with van der Waals surface area (Å²) in [5.74, 6) is 4.03. The Morgan fingerprint density at radius 1 is 1.36 bits per heavy atom. The molecule has 1 aliphatic rings. The number of nitrogens with two attached hydrogens (primary N) is 1. The zero-order chi connectivity index (χ0) is 20.5. The molecule has 1 aromatic heterocycles. The first-order valence-corrected chi connectivity index (χ1v) is 8.74. The molecule has 0 saturated carbocycles. The molecule has 1 atom stereocenters. The predicted octanol–water partition coefficient (Wildman–Crippen LogP) is 1.63. The van der Waals surface area contributed by atoms with Crippen LogP contribution < -0.4 is 5.73 Å². The highest BCUT2D eigenvalue weighted by Gasteiger charge is 2.42. The number of benzene rings is 1. The van der Waals surface area contributed by atoms with E-state index in [0.29, 0.717) is 29.8 Å². The van der Waals surface area contributed by atoms with Gasteiger partial charge in [0.2, 0.25) is 0 Å². The third-order valence-electron chi connectivity index (χ3n) is 4.63. The van der Waals surface area contributed by atoms with Crippen molar-refractivity contribution in [3.05, 3.63) is 53.0 Å². The summed E-state index contributed by atoms with van der Waals surface area (Å²) in [7, 11) is 1.63. The molecule has 7 heteroatoms. The Balaban J connectivity index is 1.90. The van der Waals surface area contributed by atoms with E-state index in [0.717, 1.165) is 5.56 Å². The van der Waals surface area contributed by atoms with Gasteiger partial charge in [-0.05, 0) is 42.8 Å². The number of aryl methyl sites for hydroxylation is 1. The standard InChI is InChI=1S/C21H20FN3O3/c1-13-8-17(24-18(9-13)19(23)26)15-10-14(11-16(22)12-15)4-3-5-21(28)6-7-25(2)20(21)27/h8-12,28H,5-7H2,1-2H3,(H2,23,26). The van der Waals surface area contributed by atoms with Crippen LogP contribution >= 0.6 is 0 Å². The van der Waals surface area contributed by atoms with Crippen molar-refractivity contribution in [3.63, 3.8) is 0 Å². The molecule has 1 unspecified atom stereocenters. The second kappa shape index (κ2) is 7.41. The number of rotatable bonds is 3. The number of aliphatic hydroxyl groups is 1. The summed E-state index contributed by atoms with van der Waals surface area (Å²) in [6.07, 6.45) is 0.283. The summed E-state index contributed by atoms with van der Waals surface area (Å²) in [5, 5.41) is 10.4. The molecule has 0 bridgehead atoms. The molecule has 3 rings (SSSR count). The maximum absolute atomic E-state index is 14.1. The first-order chi connectivity index (χ1) is 13.2. The topological polar surface area (TPSA) is 96.5 Å². The van der Waals surface area contributed by atoms with Crippen molar-refractivity contribution in [2.45, 2.75) is 25.4 Å². The number of primary amides is 1. The van der Waals surface area contributed by atoms with Gasteiger partial charge in [0.25, 0.3) is 11.8 Å². The maximum Gasteiger partial charge on any atom is 0.267 e. The highest BCUT2D eigenvalue weighted by atomic mass is 19.1. The van der Waals surface area contributed by atoms with Crippen molar-refractivity contribution in [3.8, 4) is 23.1 Å². The fraction of sp³-hybridized carbons (Fsp3) is 0.286. The largest absolute Gasteiger partial charge is 0.379 e. The number of halogens is 1. The van der Waals surface area contributed by atoms with Crippen LogP contribution in [-0.2, 0) is 4.79 Å². The van der Waals surface area contributed by atoms with Crippen LogP contribution in [0.15, 0.2) is 30.3 Å². The molecule has 6 nitrogen and oxygen atoms in total. The second-order valence-corrected chi connectivity index (χ2v) is 6.99. The Morgan fingerprint density at radius 3 is 2.75 bits per heavy atom. The fourth-order valence-corrected chi connectivity index (χ4v) is 3.12. The van der Waals surface area contributed by atoms with E-state index < -0.39 is 17.3 Å². The smallest absolute Gasteiger partial charge is 0.267 e. The molecule has 2 aromatic rings. The molecule has 3 N–H and O–H groups in total. The number of amides is 2. The average molecular weight is 381 g/mol. The van der Waals surface area contributed by atoms with E-state index in [1.165, 1.54) is 17.0 Å². The van der Waals surface area contributed by atoms with Crippen LogP contribution in [0.1, 0.15) is 34.5 Å². The van der Waals surface area contributed by atoms with Crippen molar-refractivity contribution in [2.24, 2.45) is 5.73 Å². The Kier molecular flexibility index (Phi) is 5.16. The molecule has 0 aliphatic carbocycles. The average Bonchev–Trinajstić information content (AvgIpc) is 2.88. The van der Waals surface area contributed by atoms with E-state index in [1.807, 2.05) is 0 Å². The third-order valence-corrected chi connectivity index (χ3v) is 4.63. The molecule has 144 valence electrons. The molecular weight excluding hydrogens is 361 g/mol. The Labute approximate surface area is 162 Å². The highest BCUT2D eigenvalue weighted by molar-refractivity contribution is 5.91. The quantitative estimate of drug-likeness (QED) is 0.790. The van der Waals surface area contributed by atoms with Gasteiger partial charge in [-0.25, -0.2) is 9.37 Å². The van der Waals surface area contributed by atoms with E-state index in [1.54, 1.807) is 32.2 Å². The summed E-state index contributed by atoms with van der Waals surface area (Å²) >= 11 is 0. The summed E-state index contributed by atoms with van der Waals surface area (Å²) in [6, 6.07) is 7.46. The van der Waals surface area contributed by atoms with E-state index in [9.17, 15) is 19.1 Å². The monoisotopic (exact) mass is 381 g/mol. The number of nitrogens with zero attached hydrogens (tertiary/aromatic N) is 2. The number of likely N-dealkylation sites (tertiary alicyclic amines) is 1. The van der Waals surface area contributed by atoms with Crippen LogP contribution in [0.4, 0.5) is 4.39 Å².